The standard InChI is InChI=1S/4C11H12O4S/c1-7(12)9-4-10(8(2)13)6-11(5-9)16(3,14)15;1-7(12)10-5-4-9(16(3,14)15)6-11(10)8(2)13;1-7(12)9-4-5-10(8(2)13)11(6-9)16(3,14)15;1-7(12)9-5-4-6-10(16(3,14)15)11(9)8(2)13/h4*4-6H,1-3H3. The Hall–Kier alpha value is -5.96. The van der Waals surface area contributed by atoms with Gasteiger partial charge in [-0.05, 0) is 110 Å². The van der Waals surface area contributed by atoms with Crippen molar-refractivity contribution in [1.82, 2.24) is 0 Å². The van der Waals surface area contributed by atoms with E-state index in [1.165, 1.54) is 128 Å². The zero-order chi connectivity index (χ0) is 50.0. The fourth-order valence-electron chi connectivity index (χ4n) is 5.41. The van der Waals surface area contributed by atoms with Gasteiger partial charge in [0.1, 0.15) is 0 Å². The molecule has 0 aliphatic heterocycles. The van der Waals surface area contributed by atoms with Crippen molar-refractivity contribution in [2.45, 2.75) is 75.0 Å². The van der Waals surface area contributed by atoms with Crippen LogP contribution in [0.3, 0.4) is 0 Å². The van der Waals surface area contributed by atoms with Crippen LogP contribution in [-0.2, 0) is 39.3 Å². The molecule has 0 spiro atoms. The molecule has 0 saturated carbocycles. The molecule has 0 aliphatic carbocycles. The Morgan fingerprint density at radius 3 is 1.06 bits per heavy atom. The first kappa shape index (κ1) is 56.1. The van der Waals surface area contributed by atoms with Crippen molar-refractivity contribution in [2.24, 2.45) is 0 Å². The van der Waals surface area contributed by atoms with Crippen LogP contribution in [-0.4, -0.2) is 105 Å². The Morgan fingerprint density at radius 1 is 0.312 bits per heavy atom. The van der Waals surface area contributed by atoms with Gasteiger partial charge in [-0.2, -0.15) is 0 Å². The summed E-state index contributed by atoms with van der Waals surface area (Å²) in [4.78, 5) is 89.9. The molecule has 0 heterocycles. The Balaban J connectivity index is 0.000000427. The van der Waals surface area contributed by atoms with E-state index in [1.807, 2.05) is 0 Å². The molecule has 16 nitrogen and oxygen atoms in total. The molecule has 4 rings (SSSR count). The van der Waals surface area contributed by atoms with Gasteiger partial charge < -0.3 is 0 Å². The predicted molar refractivity (Wildman–Crippen MR) is 238 cm³/mol. The summed E-state index contributed by atoms with van der Waals surface area (Å²) in [7, 11) is -13.8. The number of rotatable bonds is 12. The summed E-state index contributed by atoms with van der Waals surface area (Å²) in [5.41, 5.74) is 1.39. The topological polar surface area (TPSA) is 273 Å². The van der Waals surface area contributed by atoms with Gasteiger partial charge in [0.2, 0.25) is 0 Å². The van der Waals surface area contributed by atoms with Crippen LogP contribution >= 0.6 is 0 Å². The first-order valence-corrected chi connectivity index (χ1v) is 25.9. The van der Waals surface area contributed by atoms with Crippen LogP contribution in [0.4, 0.5) is 0 Å². The zero-order valence-corrected chi connectivity index (χ0v) is 40.4. The van der Waals surface area contributed by atoms with Gasteiger partial charge in [0, 0.05) is 69.5 Å². The predicted octanol–water partition coefficient (Wildman–Crippen LogP) is 5.98. The third kappa shape index (κ3) is 16.3. The van der Waals surface area contributed by atoms with Crippen LogP contribution in [0, 0.1) is 0 Å². The maximum absolute atomic E-state index is 11.5. The molecule has 0 aliphatic rings. The van der Waals surface area contributed by atoms with E-state index in [-0.39, 0.29) is 105 Å². The average molecular weight is 961 g/mol. The van der Waals surface area contributed by atoms with Crippen LogP contribution in [0.2, 0.25) is 0 Å². The van der Waals surface area contributed by atoms with E-state index in [2.05, 4.69) is 0 Å². The molecule has 0 fully saturated rings. The fourth-order valence-corrected chi connectivity index (χ4v) is 8.64. The Bertz CT molecular complexity index is 2980. The molecular formula is C44H48O16S4. The second-order valence-corrected chi connectivity index (χ2v) is 22.4. The molecule has 64 heavy (non-hydrogen) atoms. The van der Waals surface area contributed by atoms with Crippen molar-refractivity contribution in [2.75, 3.05) is 25.0 Å². The fraction of sp³-hybridized carbons (Fsp3) is 0.273. The smallest absolute Gasteiger partial charge is 0.176 e. The third-order valence-corrected chi connectivity index (χ3v) is 13.1. The van der Waals surface area contributed by atoms with Crippen LogP contribution in [0.5, 0.6) is 0 Å². The largest absolute Gasteiger partial charge is 0.295 e. The number of carbonyl (C=O) groups is 8. The van der Waals surface area contributed by atoms with E-state index in [4.69, 9.17) is 0 Å². The van der Waals surface area contributed by atoms with Gasteiger partial charge in [0.05, 0.1) is 19.6 Å². The van der Waals surface area contributed by atoms with Crippen LogP contribution < -0.4 is 0 Å². The SMILES string of the molecule is CC(=O)c1cc(C(C)=O)cc(S(C)(=O)=O)c1.CC(=O)c1ccc(C(C)=O)c(S(C)(=O)=O)c1.CC(=O)c1ccc(S(C)(=O)=O)cc1C(C)=O.CC(=O)c1cccc(S(C)(=O)=O)c1C(C)=O. The van der Waals surface area contributed by atoms with Gasteiger partial charge in [-0.25, -0.2) is 33.7 Å². The molecule has 4 aromatic carbocycles. The lowest BCUT2D eigenvalue weighted by atomic mass is 10.0. The number of hydrogen-bond acceptors (Lipinski definition) is 16. The van der Waals surface area contributed by atoms with Crippen LogP contribution in [0.25, 0.3) is 0 Å². The molecule has 0 N–H and O–H groups in total. The van der Waals surface area contributed by atoms with Gasteiger partial charge in [-0.1, -0.05) is 18.2 Å². The number of sulfone groups is 4. The van der Waals surface area contributed by atoms with E-state index in [9.17, 15) is 72.0 Å². The van der Waals surface area contributed by atoms with Crippen molar-refractivity contribution < 1.29 is 72.0 Å². The number of ketones is 8. The molecule has 0 atom stereocenters. The lowest BCUT2D eigenvalue weighted by molar-refractivity contribution is 0.0978. The van der Waals surface area contributed by atoms with E-state index in [0.29, 0.717) is 0 Å². The molecule has 0 amide bonds. The normalized spacial score (nSPS) is 11.2. The number of Topliss-reactive ketones (excluding diaryl/α,β-unsaturated/α-hetero) is 8. The monoisotopic (exact) mass is 960 g/mol. The van der Waals surface area contributed by atoms with Crippen molar-refractivity contribution in [3.63, 3.8) is 0 Å². The molecule has 344 valence electrons. The van der Waals surface area contributed by atoms with Gasteiger partial charge in [0.15, 0.2) is 85.6 Å². The van der Waals surface area contributed by atoms with Crippen molar-refractivity contribution in [3.05, 3.63) is 117 Å². The van der Waals surface area contributed by atoms with E-state index >= 15 is 0 Å². The van der Waals surface area contributed by atoms with E-state index < -0.39 is 45.1 Å². The maximum Gasteiger partial charge on any atom is 0.176 e. The highest BCUT2D eigenvalue weighted by Gasteiger charge is 2.22. The number of carbonyl (C=O) groups excluding carboxylic acids is 8. The highest BCUT2D eigenvalue weighted by atomic mass is 32.2. The first-order chi connectivity index (χ1) is 28.9. The van der Waals surface area contributed by atoms with E-state index in [1.54, 1.807) is 0 Å². The van der Waals surface area contributed by atoms with Crippen LogP contribution in [0.15, 0.2) is 92.4 Å². The maximum atomic E-state index is 11.5. The quantitative estimate of drug-likeness (QED) is 0.148. The van der Waals surface area contributed by atoms with Crippen molar-refractivity contribution >= 4 is 85.6 Å². The molecule has 0 unspecified atom stereocenters. The highest BCUT2D eigenvalue weighted by Crippen LogP contribution is 2.22. The number of hydrogen-bond donors (Lipinski definition) is 0. The third-order valence-electron chi connectivity index (χ3n) is 8.65. The first-order valence-electron chi connectivity index (χ1n) is 18.4. The lowest BCUT2D eigenvalue weighted by Gasteiger charge is -2.08. The Kier molecular flexibility index (Phi) is 19.4. The van der Waals surface area contributed by atoms with Crippen molar-refractivity contribution in [1.29, 1.82) is 0 Å². The summed E-state index contributed by atoms with van der Waals surface area (Å²) in [6.07, 6.45) is 4.12. The second kappa shape index (κ2) is 22.1. The van der Waals surface area contributed by atoms with Crippen LogP contribution in [0.1, 0.15) is 138 Å². The van der Waals surface area contributed by atoms with Gasteiger partial charge in [-0.15, -0.1) is 0 Å². The number of benzene rings is 4. The summed E-state index contributed by atoms with van der Waals surface area (Å²) in [5.74, 6) is -2.44. The molecule has 20 heteroatoms. The minimum absolute atomic E-state index is 0.00889. The average Bonchev–Trinajstić information content (AvgIpc) is 3.16. The van der Waals surface area contributed by atoms with Gasteiger partial charge in [-0.3, -0.25) is 38.4 Å². The minimum atomic E-state index is -3.51. The summed E-state index contributed by atoms with van der Waals surface area (Å²) < 4.78 is 91.2. The van der Waals surface area contributed by atoms with Gasteiger partial charge in [0.25, 0.3) is 0 Å². The molecule has 4 aromatic rings. The lowest BCUT2D eigenvalue weighted by Crippen LogP contribution is -2.11. The highest BCUT2D eigenvalue weighted by molar-refractivity contribution is 7.91. The molecule has 0 saturated heterocycles. The molecule has 0 aromatic heterocycles. The summed E-state index contributed by atoms with van der Waals surface area (Å²) >= 11 is 0. The molecule has 0 bridgehead atoms. The Morgan fingerprint density at radius 2 is 0.719 bits per heavy atom. The Labute approximate surface area is 373 Å². The summed E-state index contributed by atoms with van der Waals surface area (Å²) in [5, 5.41) is 0. The molecular weight excluding hydrogens is 913 g/mol. The molecule has 0 radical (unpaired) electrons. The zero-order valence-electron chi connectivity index (χ0n) is 37.1. The second-order valence-electron chi connectivity index (χ2n) is 14.4. The van der Waals surface area contributed by atoms with Crippen molar-refractivity contribution in [3.8, 4) is 0 Å². The van der Waals surface area contributed by atoms with E-state index in [0.717, 1.165) is 25.0 Å². The summed E-state index contributed by atoms with van der Waals surface area (Å²) in [6.45, 7) is 10.5. The minimum Gasteiger partial charge on any atom is -0.295 e. The summed E-state index contributed by atoms with van der Waals surface area (Å²) in [6, 6.07) is 16.2. The van der Waals surface area contributed by atoms with Gasteiger partial charge >= 0.3 is 0 Å².